The number of aliphatic carboxylic acids is 1. The first-order valence-electron chi connectivity index (χ1n) is 7.55. The Labute approximate surface area is 133 Å². The highest BCUT2D eigenvalue weighted by atomic mass is 16.4. The number of nitrogens with one attached hydrogen (secondary N) is 1. The van der Waals surface area contributed by atoms with Gasteiger partial charge in [0, 0.05) is 18.2 Å². The van der Waals surface area contributed by atoms with Crippen molar-refractivity contribution in [3.05, 3.63) is 68.0 Å². The van der Waals surface area contributed by atoms with Crippen molar-refractivity contribution < 1.29 is 9.90 Å². The molecule has 1 aromatic carbocycles. The molecule has 0 aliphatic carbocycles. The molecule has 0 amide bonds. The van der Waals surface area contributed by atoms with Crippen LogP contribution in [-0.2, 0) is 17.8 Å². The van der Waals surface area contributed by atoms with Gasteiger partial charge in [0.05, 0.1) is 6.54 Å². The van der Waals surface area contributed by atoms with E-state index in [2.05, 4.69) is 4.98 Å². The van der Waals surface area contributed by atoms with Crippen molar-refractivity contribution in [2.75, 3.05) is 0 Å². The molecular weight excluding hydrogens is 296 g/mol. The first-order chi connectivity index (χ1) is 11.0. The number of unbranched alkanes of at least 4 members (excludes halogenated alkanes) is 1. The number of hydrogen-bond donors (Lipinski definition) is 2. The van der Waals surface area contributed by atoms with Gasteiger partial charge in [0.2, 0.25) is 0 Å². The van der Waals surface area contributed by atoms with E-state index >= 15 is 0 Å². The van der Waals surface area contributed by atoms with E-state index in [1.54, 1.807) is 13.1 Å². The molecule has 0 aliphatic rings. The van der Waals surface area contributed by atoms with Crippen LogP contribution >= 0.6 is 0 Å². The standard InChI is InChI=1S/C17H20N2O4/c1-12-10-19(17(23)18-16(12)22)11-14-8-6-13(7-9-14)4-2-3-5-15(20)21/h6-10H,2-5,11H2,1H3,(H,20,21)(H,18,22,23). The van der Waals surface area contributed by atoms with Crippen LogP contribution < -0.4 is 11.2 Å². The maximum atomic E-state index is 11.8. The summed E-state index contributed by atoms with van der Waals surface area (Å²) in [5.41, 5.74) is 1.83. The Hall–Kier alpha value is -2.63. The Balaban J connectivity index is 1.97. The van der Waals surface area contributed by atoms with Gasteiger partial charge in [-0.2, -0.15) is 0 Å². The summed E-state index contributed by atoms with van der Waals surface area (Å²) in [4.78, 5) is 35.8. The molecule has 1 aromatic heterocycles. The monoisotopic (exact) mass is 316 g/mol. The number of aromatic nitrogens is 2. The summed E-state index contributed by atoms with van der Waals surface area (Å²) in [7, 11) is 0. The zero-order chi connectivity index (χ0) is 16.8. The summed E-state index contributed by atoms with van der Waals surface area (Å²) in [6, 6.07) is 7.86. The van der Waals surface area contributed by atoms with Gasteiger partial charge in [0.25, 0.3) is 5.56 Å². The number of H-pyrrole nitrogens is 1. The van der Waals surface area contributed by atoms with Gasteiger partial charge in [-0.15, -0.1) is 0 Å². The zero-order valence-corrected chi connectivity index (χ0v) is 13.0. The first-order valence-corrected chi connectivity index (χ1v) is 7.55. The molecule has 0 fully saturated rings. The molecule has 0 atom stereocenters. The molecule has 23 heavy (non-hydrogen) atoms. The van der Waals surface area contributed by atoms with Gasteiger partial charge >= 0.3 is 11.7 Å². The number of hydrogen-bond acceptors (Lipinski definition) is 3. The molecule has 0 saturated carbocycles. The van der Waals surface area contributed by atoms with Crippen LogP contribution in [0.3, 0.4) is 0 Å². The molecule has 0 saturated heterocycles. The maximum Gasteiger partial charge on any atom is 0.328 e. The Kier molecular flexibility index (Phi) is 5.51. The predicted molar refractivity (Wildman–Crippen MR) is 86.8 cm³/mol. The number of rotatable bonds is 7. The van der Waals surface area contributed by atoms with Crippen molar-refractivity contribution in [1.29, 1.82) is 0 Å². The van der Waals surface area contributed by atoms with Crippen LogP contribution in [0.4, 0.5) is 0 Å². The quantitative estimate of drug-likeness (QED) is 0.760. The number of aromatic amines is 1. The normalized spacial score (nSPS) is 10.7. The molecule has 2 rings (SSSR count). The Morgan fingerprint density at radius 1 is 1.13 bits per heavy atom. The molecule has 1 heterocycles. The number of aryl methyl sites for hydroxylation is 2. The maximum absolute atomic E-state index is 11.8. The van der Waals surface area contributed by atoms with E-state index in [0.717, 1.165) is 24.0 Å². The van der Waals surface area contributed by atoms with Crippen molar-refractivity contribution in [2.24, 2.45) is 0 Å². The summed E-state index contributed by atoms with van der Waals surface area (Å²) in [5, 5.41) is 8.60. The number of carboxylic acid groups (broad SMARTS) is 1. The van der Waals surface area contributed by atoms with Crippen LogP contribution in [0.1, 0.15) is 36.0 Å². The summed E-state index contributed by atoms with van der Waals surface area (Å²) < 4.78 is 1.47. The molecule has 2 aromatic rings. The fourth-order valence-electron chi connectivity index (χ4n) is 2.35. The van der Waals surface area contributed by atoms with Gasteiger partial charge in [0.15, 0.2) is 0 Å². The van der Waals surface area contributed by atoms with Crippen molar-refractivity contribution in [3.63, 3.8) is 0 Å². The van der Waals surface area contributed by atoms with Crippen molar-refractivity contribution in [3.8, 4) is 0 Å². The smallest absolute Gasteiger partial charge is 0.328 e. The summed E-state index contributed by atoms with van der Waals surface area (Å²) in [6.45, 7) is 2.06. The van der Waals surface area contributed by atoms with E-state index in [1.165, 1.54) is 4.57 Å². The minimum Gasteiger partial charge on any atom is -0.481 e. The summed E-state index contributed by atoms with van der Waals surface area (Å²) in [5.74, 6) is -0.762. The lowest BCUT2D eigenvalue weighted by molar-refractivity contribution is -0.137. The van der Waals surface area contributed by atoms with Crippen LogP contribution in [0, 0.1) is 6.92 Å². The van der Waals surface area contributed by atoms with E-state index < -0.39 is 11.7 Å². The van der Waals surface area contributed by atoms with Gasteiger partial charge in [-0.3, -0.25) is 19.1 Å². The third-order valence-corrected chi connectivity index (χ3v) is 3.67. The predicted octanol–water partition coefficient (Wildman–Crippen LogP) is 1.69. The molecule has 0 bridgehead atoms. The second-order valence-electron chi connectivity index (χ2n) is 5.62. The lowest BCUT2D eigenvalue weighted by Crippen LogP contribution is -2.31. The van der Waals surface area contributed by atoms with E-state index in [0.29, 0.717) is 18.5 Å². The molecule has 0 aliphatic heterocycles. The second kappa shape index (κ2) is 7.58. The zero-order valence-electron chi connectivity index (χ0n) is 13.0. The molecule has 0 radical (unpaired) electrons. The van der Waals surface area contributed by atoms with Gasteiger partial charge in [-0.05, 0) is 37.3 Å². The minimum atomic E-state index is -0.762. The SMILES string of the molecule is Cc1cn(Cc2ccc(CCCCC(=O)O)cc2)c(=O)[nH]c1=O. The topological polar surface area (TPSA) is 92.2 Å². The van der Waals surface area contributed by atoms with Crippen LogP contribution in [0.2, 0.25) is 0 Å². The molecule has 2 N–H and O–H groups in total. The molecule has 122 valence electrons. The summed E-state index contributed by atoms with van der Waals surface area (Å²) in [6.07, 6.45) is 4.10. The number of carbonyl (C=O) groups is 1. The lowest BCUT2D eigenvalue weighted by atomic mass is 10.1. The third-order valence-electron chi connectivity index (χ3n) is 3.67. The number of benzene rings is 1. The highest BCUT2D eigenvalue weighted by molar-refractivity contribution is 5.66. The van der Waals surface area contributed by atoms with Gasteiger partial charge in [-0.25, -0.2) is 4.79 Å². The fourth-order valence-corrected chi connectivity index (χ4v) is 2.35. The Morgan fingerprint density at radius 3 is 2.43 bits per heavy atom. The van der Waals surface area contributed by atoms with Crippen LogP contribution in [-0.4, -0.2) is 20.6 Å². The van der Waals surface area contributed by atoms with Crippen LogP contribution in [0.5, 0.6) is 0 Å². The van der Waals surface area contributed by atoms with E-state index in [4.69, 9.17) is 5.11 Å². The Morgan fingerprint density at radius 2 is 1.78 bits per heavy atom. The number of nitrogens with zero attached hydrogens (tertiary/aromatic N) is 1. The lowest BCUT2D eigenvalue weighted by Gasteiger charge is -2.07. The van der Waals surface area contributed by atoms with Crippen LogP contribution in [0.15, 0.2) is 40.1 Å². The van der Waals surface area contributed by atoms with Gasteiger partial charge < -0.3 is 5.11 Å². The molecule has 0 unspecified atom stereocenters. The summed E-state index contributed by atoms with van der Waals surface area (Å²) >= 11 is 0. The number of carboxylic acids is 1. The van der Waals surface area contributed by atoms with Crippen molar-refractivity contribution in [2.45, 2.75) is 39.2 Å². The molecular formula is C17H20N2O4. The average molecular weight is 316 g/mol. The van der Waals surface area contributed by atoms with E-state index in [1.807, 2.05) is 24.3 Å². The fraction of sp³-hybridized carbons (Fsp3) is 0.353. The van der Waals surface area contributed by atoms with Gasteiger partial charge in [0.1, 0.15) is 0 Å². The second-order valence-corrected chi connectivity index (χ2v) is 5.62. The van der Waals surface area contributed by atoms with Crippen molar-refractivity contribution >= 4 is 5.97 Å². The highest BCUT2D eigenvalue weighted by Crippen LogP contribution is 2.09. The Bertz CT molecular complexity index is 787. The first kappa shape index (κ1) is 16.7. The molecule has 6 nitrogen and oxygen atoms in total. The largest absolute Gasteiger partial charge is 0.481 e. The minimum absolute atomic E-state index is 0.201. The van der Waals surface area contributed by atoms with E-state index in [9.17, 15) is 14.4 Å². The highest BCUT2D eigenvalue weighted by Gasteiger charge is 2.03. The third kappa shape index (κ3) is 4.95. The van der Waals surface area contributed by atoms with Gasteiger partial charge in [-0.1, -0.05) is 24.3 Å². The van der Waals surface area contributed by atoms with Crippen LogP contribution in [0.25, 0.3) is 0 Å². The average Bonchev–Trinajstić information content (AvgIpc) is 2.50. The van der Waals surface area contributed by atoms with E-state index in [-0.39, 0.29) is 12.0 Å². The molecule has 0 spiro atoms. The van der Waals surface area contributed by atoms with Crippen molar-refractivity contribution in [1.82, 2.24) is 9.55 Å². The molecule has 6 heteroatoms.